The highest BCUT2D eigenvalue weighted by atomic mass is 79.9. The van der Waals surface area contributed by atoms with Crippen LogP contribution in [-0.2, 0) is 26.2 Å². The van der Waals surface area contributed by atoms with Crippen molar-refractivity contribution < 1.29 is 32.2 Å². The summed E-state index contributed by atoms with van der Waals surface area (Å²) in [7, 11) is -4.07. The molecule has 2 aromatic carbocycles. The normalized spacial score (nSPS) is 14.4. The number of sulfonamides is 1. The molecule has 0 fully saturated rings. The number of fused-ring (bicyclic) bond motifs is 1. The molecule has 160 valence electrons. The van der Waals surface area contributed by atoms with Crippen LogP contribution in [0.3, 0.4) is 0 Å². The van der Waals surface area contributed by atoms with Gasteiger partial charge in [0.15, 0.2) is 11.5 Å². The monoisotopic (exact) mass is 497 g/mol. The first-order valence-corrected chi connectivity index (χ1v) is 11.4. The molecule has 10 heteroatoms. The summed E-state index contributed by atoms with van der Waals surface area (Å²) in [5, 5.41) is 0. The maximum Gasteiger partial charge on any atom is 0.327 e. The average molecular weight is 498 g/mol. The molecule has 0 saturated carbocycles. The number of hydrogen-bond donors (Lipinski definition) is 0. The molecule has 0 saturated heterocycles. The molecular weight excluding hydrogens is 478 g/mol. The number of benzene rings is 2. The third-order valence-corrected chi connectivity index (χ3v) is 6.81. The van der Waals surface area contributed by atoms with Crippen LogP contribution in [0, 0.1) is 0 Å². The van der Waals surface area contributed by atoms with Crippen molar-refractivity contribution in [2.24, 2.45) is 0 Å². The van der Waals surface area contributed by atoms with Crippen LogP contribution in [0.1, 0.15) is 29.8 Å². The Hall–Kier alpha value is -2.59. The van der Waals surface area contributed by atoms with Crippen LogP contribution in [0.2, 0.25) is 0 Å². The minimum Gasteiger partial charge on any atom is -0.490 e. The van der Waals surface area contributed by atoms with Crippen molar-refractivity contribution in [2.75, 3.05) is 19.8 Å². The molecule has 0 N–H and O–H groups in total. The zero-order valence-electron chi connectivity index (χ0n) is 16.4. The fourth-order valence-corrected chi connectivity index (χ4v) is 4.88. The smallest absolute Gasteiger partial charge is 0.327 e. The maximum atomic E-state index is 12.5. The second-order valence-corrected chi connectivity index (χ2v) is 8.92. The van der Waals surface area contributed by atoms with E-state index in [0.29, 0.717) is 39.1 Å². The lowest BCUT2D eigenvalue weighted by Gasteiger charge is -2.16. The van der Waals surface area contributed by atoms with Gasteiger partial charge >= 0.3 is 5.97 Å². The molecule has 0 radical (unpaired) electrons. The fourth-order valence-electron chi connectivity index (χ4n) is 2.93. The molecule has 0 spiro atoms. The van der Waals surface area contributed by atoms with Crippen LogP contribution in [0.4, 0.5) is 0 Å². The highest BCUT2D eigenvalue weighted by Crippen LogP contribution is 2.34. The molecule has 1 amide bonds. The van der Waals surface area contributed by atoms with E-state index < -0.39 is 28.4 Å². The van der Waals surface area contributed by atoms with E-state index in [9.17, 15) is 18.0 Å². The summed E-state index contributed by atoms with van der Waals surface area (Å²) >= 11 is 3.40. The summed E-state index contributed by atoms with van der Waals surface area (Å²) in [5.74, 6) is -0.545. The van der Waals surface area contributed by atoms with Gasteiger partial charge in [0.05, 0.1) is 18.8 Å². The predicted molar refractivity (Wildman–Crippen MR) is 111 cm³/mol. The van der Waals surface area contributed by atoms with E-state index in [1.54, 1.807) is 18.2 Å². The lowest BCUT2D eigenvalue weighted by molar-refractivity contribution is -0.144. The van der Waals surface area contributed by atoms with Gasteiger partial charge in [0.2, 0.25) is 0 Å². The maximum absolute atomic E-state index is 12.5. The molecular formula is C20H20BrNO7S. The minimum atomic E-state index is -4.07. The zero-order valence-corrected chi connectivity index (χ0v) is 18.8. The molecule has 1 aliphatic heterocycles. The molecule has 3 rings (SSSR count). The summed E-state index contributed by atoms with van der Waals surface area (Å²) in [5.41, 5.74) is 0.648. The van der Waals surface area contributed by atoms with E-state index in [2.05, 4.69) is 15.9 Å². The number of amides is 1. The van der Waals surface area contributed by atoms with Gasteiger partial charge in [-0.3, -0.25) is 9.59 Å². The molecule has 1 aliphatic rings. The summed E-state index contributed by atoms with van der Waals surface area (Å²) in [4.78, 5) is 24.6. The molecule has 1 heterocycles. The molecule has 0 unspecified atom stereocenters. The Kier molecular flexibility index (Phi) is 6.67. The number of rotatable bonds is 8. The van der Waals surface area contributed by atoms with Crippen LogP contribution in [0.15, 0.2) is 45.8 Å². The topological polar surface area (TPSA) is 99.2 Å². The summed E-state index contributed by atoms with van der Waals surface area (Å²) in [6.45, 7) is 3.73. The Morgan fingerprint density at radius 3 is 2.33 bits per heavy atom. The predicted octanol–water partition coefficient (Wildman–Crippen LogP) is 3.13. The molecule has 0 atom stereocenters. The van der Waals surface area contributed by atoms with Gasteiger partial charge in [0.25, 0.3) is 15.9 Å². The van der Waals surface area contributed by atoms with Crippen LogP contribution in [-0.4, -0.2) is 44.4 Å². The number of esters is 1. The number of nitrogens with zero attached hydrogens (tertiary/aromatic N) is 1. The van der Waals surface area contributed by atoms with Crippen molar-refractivity contribution in [1.29, 1.82) is 0 Å². The number of carbonyl (C=O) groups is 2. The third kappa shape index (κ3) is 4.29. The van der Waals surface area contributed by atoms with Gasteiger partial charge in [-0.2, -0.15) is 0 Å². The Balaban J connectivity index is 1.71. The van der Waals surface area contributed by atoms with Crippen molar-refractivity contribution >= 4 is 37.8 Å². The molecule has 2 aromatic rings. The summed E-state index contributed by atoms with van der Waals surface area (Å²) in [6.07, 6.45) is 0. The first kappa shape index (κ1) is 22.1. The van der Waals surface area contributed by atoms with Crippen molar-refractivity contribution in [3.63, 3.8) is 0 Å². The van der Waals surface area contributed by atoms with Crippen molar-refractivity contribution in [2.45, 2.75) is 25.3 Å². The number of halogens is 1. The second kappa shape index (κ2) is 9.05. The lowest BCUT2D eigenvalue weighted by Crippen LogP contribution is -2.35. The minimum absolute atomic E-state index is 0.0425. The van der Waals surface area contributed by atoms with E-state index >= 15 is 0 Å². The average Bonchev–Trinajstić information content (AvgIpc) is 2.90. The van der Waals surface area contributed by atoms with Crippen LogP contribution in [0.25, 0.3) is 0 Å². The SMILES string of the molecule is CCOc1cc(Br)c(COC(=O)CN2C(=O)c3ccccc3S2(=O)=O)cc1OCC. The van der Waals surface area contributed by atoms with Gasteiger partial charge in [-0.05, 0) is 38.1 Å². The molecule has 0 aliphatic carbocycles. The first-order chi connectivity index (χ1) is 14.3. The Labute approximate surface area is 182 Å². The standard InChI is InChI=1S/C20H20BrNO7S/c1-3-27-16-9-13(15(21)10-17(16)28-4-2)12-29-19(23)11-22-20(24)14-7-5-6-8-18(14)30(22,25)26/h5-10H,3-4,11-12H2,1-2H3. The van der Waals surface area contributed by atoms with Crippen molar-refractivity contribution in [3.8, 4) is 11.5 Å². The van der Waals surface area contributed by atoms with Gasteiger partial charge in [-0.25, -0.2) is 12.7 Å². The molecule has 8 nitrogen and oxygen atoms in total. The highest BCUT2D eigenvalue weighted by Gasteiger charge is 2.42. The largest absolute Gasteiger partial charge is 0.490 e. The third-order valence-electron chi connectivity index (χ3n) is 4.29. The van der Waals surface area contributed by atoms with E-state index in [4.69, 9.17) is 14.2 Å². The molecule has 0 aromatic heterocycles. The van der Waals surface area contributed by atoms with E-state index in [-0.39, 0.29) is 17.1 Å². The summed E-state index contributed by atoms with van der Waals surface area (Å²) in [6, 6.07) is 9.22. The van der Waals surface area contributed by atoms with E-state index in [1.165, 1.54) is 18.2 Å². The lowest BCUT2D eigenvalue weighted by atomic mass is 10.2. The zero-order chi connectivity index (χ0) is 21.9. The van der Waals surface area contributed by atoms with Crippen molar-refractivity contribution in [1.82, 2.24) is 4.31 Å². The fraction of sp³-hybridized carbons (Fsp3) is 0.300. The summed E-state index contributed by atoms with van der Waals surface area (Å²) < 4.78 is 42.5. The van der Waals surface area contributed by atoms with Crippen LogP contribution >= 0.6 is 15.9 Å². The van der Waals surface area contributed by atoms with Crippen LogP contribution < -0.4 is 9.47 Å². The van der Waals surface area contributed by atoms with Gasteiger partial charge in [-0.15, -0.1) is 0 Å². The molecule has 0 bridgehead atoms. The molecule has 30 heavy (non-hydrogen) atoms. The first-order valence-electron chi connectivity index (χ1n) is 9.19. The van der Waals surface area contributed by atoms with E-state index in [0.717, 1.165) is 0 Å². The number of ether oxygens (including phenoxy) is 3. The quantitative estimate of drug-likeness (QED) is 0.516. The van der Waals surface area contributed by atoms with Gasteiger partial charge in [-0.1, -0.05) is 28.1 Å². The van der Waals surface area contributed by atoms with Gasteiger partial charge in [0.1, 0.15) is 18.0 Å². The van der Waals surface area contributed by atoms with Gasteiger partial charge in [0, 0.05) is 10.0 Å². The van der Waals surface area contributed by atoms with Crippen LogP contribution in [0.5, 0.6) is 11.5 Å². The number of hydrogen-bond acceptors (Lipinski definition) is 7. The van der Waals surface area contributed by atoms with Gasteiger partial charge < -0.3 is 14.2 Å². The van der Waals surface area contributed by atoms with Crippen molar-refractivity contribution in [3.05, 3.63) is 52.0 Å². The Morgan fingerprint density at radius 1 is 1.07 bits per heavy atom. The Bertz CT molecular complexity index is 1080. The number of carbonyl (C=O) groups excluding carboxylic acids is 2. The van der Waals surface area contributed by atoms with E-state index in [1.807, 2.05) is 13.8 Å². The second-order valence-electron chi connectivity index (χ2n) is 6.23. The highest BCUT2D eigenvalue weighted by molar-refractivity contribution is 9.10. The Morgan fingerprint density at radius 2 is 1.70 bits per heavy atom.